The molecule has 3 aromatic rings. The normalized spacial score (nSPS) is 12.1. The molecule has 0 bridgehead atoms. The van der Waals surface area contributed by atoms with Gasteiger partial charge in [-0.1, -0.05) is 32.9 Å². The minimum absolute atomic E-state index is 0.00803. The van der Waals surface area contributed by atoms with Crippen LogP contribution in [-0.2, 0) is 5.41 Å². The Bertz CT molecular complexity index is 1190. The van der Waals surface area contributed by atoms with Crippen molar-refractivity contribution in [3.8, 4) is 17.2 Å². The highest BCUT2D eigenvalue weighted by Gasteiger charge is 2.17. The van der Waals surface area contributed by atoms with Crippen molar-refractivity contribution in [1.29, 1.82) is 0 Å². The molecule has 0 unspecified atom stereocenters. The lowest BCUT2D eigenvalue weighted by molar-refractivity contribution is 0.0954. The van der Waals surface area contributed by atoms with Crippen LogP contribution in [0.4, 0.5) is 0 Å². The highest BCUT2D eigenvalue weighted by molar-refractivity contribution is 6.01. The number of phenolic OH excluding ortho intramolecular Hbond substituents is 2. The van der Waals surface area contributed by atoms with Crippen LogP contribution in [0, 0.1) is 6.92 Å². The second-order valence-electron chi connectivity index (χ2n) is 8.43. The second-order valence-corrected chi connectivity index (χ2v) is 8.43. The standard InChI is InChI=1S/C23H26N4O4/c1-13(24-25-21(30)15-10-18(28)12-19(29)11-15)20-14(2)26-27(22(20)31)17-8-6-16(7-9-17)23(3,4)5/h6-12,26,28-29H,1-5H3,(H,25,30)/b24-13-. The number of benzene rings is 2. The number of nitrogens with zero attached hydrogens (tertiary/aromatic N) is 2. The van der Waals surface area contributed by atoms with Gasteiger partial charge in [0.2, 0.25) is 0 Å². The maximum absolute atomic E-state index is 13.0. The lowest BCUT2D eigenvalue weighted by atomic mass is 9.87. The Morgan fingerprint density at radius 2 is 1.65 bits per heavy atom. The van der Waals surface area contributed by atoms with Crippen molar-refractivity contribution < 1.29 is 15.0 Å². The molecule has 8 heteroatoms. The Balaban J connectivity index is 1.87. The number of aromatic hydroxyl groups is 2. The Kier molecular flexibility index (Phi) is 5.75. The Labute approximate surface area is 179 Å². The number of phenols is 2. The molecule has 3 rings (SSSR count). The first-order chi connectivity index (χ1) is 14.5. The summed E-state index contributed by atoms with van der Waals surface area (Å²) in [6.07, 6.45) is 0. The van der Waals surface area contributed by atoms with Gasteiger partial charge in [0.15, 0.2) is 0 Å². The fourth-order valence-corrected chi connectivity index (χ4v) is 3.25. The molecule has 0 aliphatic carbocycles. The number of aromatic amines is 1. The molecule has 0 saturated carbocycles. The zero-order valence-corrected chi connectivity index (χ0v) is 18.1. The Morgan fingerprint density at radius 1 is 1.06 bits per heavy atom. The van der Waals surface area contributed by atoms with Crippen molar-refractivity contribution in [2.75, 3.05) is 0 Å². The number of aryl methyl sites for hydroxylation is 1. The monoisotopic (exact) mass is 422 g/mol. The summed E-state index contributed by atoms with van der Waals surface area (Å²) in [4.78, 5) is 25.3. The van der Waals surface area contributed by atoms with Gasteiger partial charge in [-0.25, -0.2) is 10.1 Å². The van der Waals surface area contributed by atoms with Gasteiger partial charge in [0.05, 0.1) is 17.0 Å². The molecule has 1 amide bonds. The van der Waals surface area contributed by atoms with Crippen LogP contribution in [0.25, 0.3) is 5.69 Å². The van der Waals surface area contributed by atoms with Gasteiger partial charge in [-0.3, -0.25) is 14.7 Å². The summed E-state index contributed by atoms with van der Waals surface area (Å²) in [5.74, 6) is -1.11. The quantitative estimate of drug-likeness (QED) is 0.381. The summed E-state index contributed by atoms with van der Waals surface area (Å²) in [6, 6.07) is 11.3. The maximum Gasteiger partial charge on any atom is 0.280 e. The number of carbonyl (C=O) groups is 1. The molecular weight excluding hydrogens is 396 g/mol. The molecule has 0 radical (unpaired) electrons. The number of rotatable bonds is 4. The number of H-pyrrole nitrogens is 1. The van der Waals surface area contributed by atoms with Gasteiger partial charge in [0.1, 0.15) is 11.5 Å². The summed E-state index contributed by atoms with van der Waals surface area (Å²) in [5, 5.41) is 26.1. The van der Waals surface area contributed by atoms with Gasteiger partial charge >= 0.3 is 0 Å². The Hall–Kier alpha value is -3.81. The molecule has 0 saturated heterocycles. The highest BCUT2D eigenvalue weighted by atomic mass is 16.3. The lowest BCUT2D eigenvalue weighted by Gasteiger charge is -2.19. The summed E-state index contributed by atoms with van der Waals surface area (Å²) >= 11 is 0. The van der Waals surface area contributed by atoms with E-state index in [0.717, 1.165) is 11.6 Å². The van der Waals surface area contributed by atoms with E-state index in [0.29, 0.717) is 22.7 Å². The number of hydrogen-bond acceptors (Lipinski definition) is 5. The van der Waals surface area contributed by atoms with Crippen molar-refractivity contribution in [3.63, 3.8) is 0 Å². The minimum atomic E-state index is -0.628. The third-order valence-electron chi connectivity index (χ3n) is 4.91. The molecule has 0 aliphatic heterocycles. The fourth-order valence-electron chi connectivity index (χ4n) is 3.25. The molecule has 4 N–H and O–H groups in total. The first kappa shape index (κ1) is 21.9. The van der Waals surface area contributed by atoms with Crippen molar-refractivity contribution in [1.82, 2.24) is 15.2 Å². The van der Waals surface area contributed by atoms with Crippen molar-refractivity contribution in [2.45, 2.75) is 40.0 Å². The van der Waals surface area contributed by atoms with E-state index in [-0.39, 0.29) is 28.0 Å². The predicted octanol–water partition coefficient (Wildman–Crippen LogP) is 3.34. The molecule has 0 fully saturated rings. The van der Waals surface area contributed by atoms with E-state index in [9.17, 15) is 19.8 Å². The number of aromatic nitrogens is 2. The number of nitrogens with one attached hydrogen (secondary N) is 2. The third kappa shape index (κ3) is 4.69. The van der Waals surface area contributed by atoms with E-state index >= 15 is 0 Å². The summed E-state index contributed by atoms with van der Waals surface area (Å²) in [5.41, 5.74) is 5.23. The number of hydrazone groups is 1. The second kappa shape index (κ2) is 8.14. The molecule has 1 heterocycles. The van der Waals surface area contributed by atoms with Crippen molar-refractivity contribution >= 4 is 11.6 Å². The van der Waals surface area contributed by atoms with Crippen LogP contribution in [0.2, 0.25) is 0 Å². The topological polar surface area (TPSA) is 120 Å². The van der Waals surface area contributed by atoms with Gasteiger partial charge in [-0.05, 0) is 49.1 Å². The van der Waals surface area contributed by atoms with Crippen LogP contribution < -0.4 is 11.0 Å². The largest absolute Gasteiger partial charge is 0.508 e. The van der Waals surface area contributed by atoms with Crippen molar-refractivity contribution in [3.05, 3.63) is 75.2 Å². The van der Waals surface area contributed by atoms with E-state index in [1.807, 2.05) is 24.3 Å². The third-order valence-corrected chi connectivity index (χ3v) is 4.91. The van der Waals surface area contributed by atoms with Crippen molar-refractivity contribution in [2.24, 2.45) is 5.10 Å². The first-order valence-corrected chi connectivity index (χ1v) is 9.78. The summed E-state index contributed by atoms with van der Waals surface area (Å²) < 4.78 is 1.44. The molecule has 8 nitrogen and oxygen atoms in total. The van der Waals surface area contributed by atoms with Gasteiger partial charge in [0.25, 0.3) is 11.5 Å². The van der Waals surface area contributed by atoms with E-state index in [1.54, 1.807) is 13.8 Å². The van der Waals surface area contributed by atoms with Gasteiger partial charge in [-0.15, -0.1) is 0 Å². The van der Waals surface area contributed by atoms with Crippen LogP contribution in [0.15, 0.2) is 52.4 Å². The van der Waals surface area contributed by atoms with Gasteiger partial charge < -0.3 is 10.2 Å². The molecule has 0 spiro atoms. The summed E-state index contributed by atoms with van der Waals surface area (Å²) in [7, 11) is 0. The predicted molar refractivity (Wildman–Crippen MR) is 119 cm³/mol. The van der Waals surface area contributed by atoms with E-state index in [2.05, 4.69) is 36.4 Å². The van der Waals surface area contributed by atoms with E-state index < -0.39 is 5.91 Å². The zero-order valence-electron chi connectivity index (χ0n) is 18.1. The molecule has 1 aromatic heterocycles. The fraction of sp³-hybridized carbons (Fsp3) is 0.261. The molecular formula is C23H26N4O4. The van der Waals surface area contributed by atoms with E-state index in [4.69, 9.17) is 0 Å². The highest BCUT2D eigenvalue weighted by Crippen LogP contribution is 2.23. The minimum Gasteiger partial charge on any atom is -0.508 e. The van der Waals surface area contributed by atoms with E-state index in [1.165, 1.54) is 16.8 Å². The van der Waals surface area contributed by atoms with Crippen LogP contribution in [-0.4, -0.2) is 31.6 Å². The lowest BCUT2D eigenvalue weighted by Crippen LogP contribution is -2.23. The molecule has 31 heavy (non-hydrogen) atoms. The van der Waals surface area contributed by atoms with Crippen LogP contribution >= 0.6 is 0 Å². The maximum atomic E-state index is 13.0. The molecule has 2 aromatic carbocycles. The van der Waals surface area contributed by atoms with Gasteiger partial charge in [-0.2, -0.15) is 5.10 Å². The zero-order chi connectivity index (χ0) is 22.9. The molecule has 0 aliphatic rings. The first-order valence-electron chi connectivity index (χ1n) is 9.78. The number of carbonyl (C=O) groups excluding carboxylic acids is 1. The molecule has 162 valence electrons. The smallest absolute Gasteiger partial charge is 0.280 e. The Morgan fingerprint density at radius 3 is 2.19 bits per heavy atom. The van der Waals surface area contributed by atoms with Crippen LogP contribution in [0.1, 0.15) is 54.9 Å². The SMILES string of the molecule is C/C(=N/NC(=O)c1cc(O)cc(O)c1)c1c(C)[nH]n(-c2ccc(C(C)(C)C)cc2)c1=O. The van der Waals surface area contributed by atoms with Gasteiger partial charge in [0, 0.05) is 17.3 Å². The molecule has 0 atom stereocenters. The van der Waals surface area contributed by atoms with Crippen LogP contribution in [0.5, 0.6) is 11.5 Å². The average Bonchev–Trinajstić information content (AvgIpc) is 2.98. The van der Waals surface area contributed by atoms with Crippen LogP contribution in [0.3, 0.4) is 0 Å². The number of amides is 1. The number of hydrogen-bond donors (Lipinski definition) is 4. The summed E-state index contributed by atoms with van der Waals surface area (Å²) in [6.45, 7) is 9.74. The average molecular weight is 422 g/mol.